The molecule has 2 rings (SSSR count). The van der Waals surface area contributed by atoms with Crippen molar-refractivity contribution < 1.29 is 9.18 Å². The van der Waals surface area contributed by atoms with Crippen LogP contribution in [0.4, 0.5) is 4.39 Å². The molecule has 1 heterocycles. The van der Waals surface area contributed by atoms with Gasteiger partial charge in [-0.15, -0.1) is 0 Å². The molecule has 1 unspecified atom stereocenters. The standard InChI is InChI=1S/C12H14FNO/c1-8-2-3-11(13)7-10(8)6-9-4-5-14-12(9)15/h2-3,7,9H,4-6H2,1H3,(H,14,15). The molecule has 1 fully saturated rings. The summed E-state index contributed by atoms with van der Waals surface area (Å²) in [5.41, 5.74) is 1.99. The first-order valence-electron chi connectivity index (χ1n) is 5.19. The molecule has 1 atom stereocenters. The van der Waals surface area contributed by atoms with Crippen LogP contribution in [0, 0.1) is 18.7 Å². The molecule has 1 saturated heterocycles. The van der Waals surface area contributed by atoms with Gasteiger partial charge < -0.3 is 5.32 Å². The van der Waals surface area contributed by atoms with Crippen molar-refractivity contribution in [1.29, 1.82) is 0 Å². The van der Waals surface area contributed by atoms with Crippen molar-refractivity contribution in [1.82, 2.24) is 5.32 Å². The second-order valence-electron chi connectivity index (χ2n) is 4.05. The zero-order valence-corrected chi connectivity index (χ0v) is 8.72. The Hall–Kier alpha value is -1.38. The summed E-state index contributed by atoms with van der Waals surface area (Å²) in [5.74, 6) is -0.113. The van der Waals surface area contributed by atoms with Gasteiger partial charge in [-0.25, -0.2) is 4.39 Å². The number of halogens is 1. The highest BCUT2D eigenvalue weighted by Crippen LogP contribution is 2.19. The van der Waals surface area contributed by atoms with E-state index in [9.17, 15) is 9.18 Å². The molecule has 1 amide bonds. The van der Waals surface area contributed by atoms with Crippen LogP contribution in [0.25, 0.3) is 0 Å². The quantitative estimate of drug-likeness (QED) is 0.787. The van der Waals surface area contributed by atoms with Gasteiger partial charge in [0.2, 0.25) is 5.91 Å². The molecule has 0 aromatic heterocycles. The number of nitrogens with one attached hydrogen (secondary N) is 1. The normalized spacial score (nSPS) is 20.4. The minimum Gasteiger partial charge on any atom is -0.356 e. The number of rotatable bonds is 2. The van der Waals surface area contributed by atoms with Gasteiger partial charge in [0.15, 0.2) is 0 Å². The molecule has 1 aliphatic rings. The largest absolute Gasteiger partial charge is 0.356 e. The zero-order chi connectivity index (χ0) is 10.8. The summed E-state index contributed by atoms with van der Waals surface area (Å²) in [4.78, 5) is 11.4. The van der Waals surface area contributed by atoms with Gasteiger partial charge >= 0.3 is 0 Å². The Morgan fingerprint density at radius 2 is 2.33 bits per heavy atom. The van der Waals surface area contributed by atoms with Crippen LogP contribution in [-0.2, 0) is 11.2 Å². The summed E-state index contributed by atoms with van der Waals surface area (Å²) in [6, 6.07) is 4.74. The number of hydrogen-bond acceptors (Lipinski definition) is 1. The van der Waals surface area contributed by atoms with E-state index in [1.165, 1.54) is 12.1 Å². The third kappa shape index (κ3) is 2.17. The van der Waals surface area contributed by atoms with E-state index in [-0.39, 0.29) is 17.6 Å². The predicted molar refractivity (Wildman–Crippen MR) is 56.0 cm³/mol. The number of carbonyl (C=O) groups is 1. The fourth-order valence-corrected chi connectivity index (χ4v) is 1.97. The van der Waals surface area contributed by atoms with Crippen LogP contribution in [0.15, 0.2) is 18.2 Å². The molecule has 2 nitrogen and oxygen atoms in total. The van der Waals surface area contributed by atoms with Gasteiger partial charge in [0.05, 0.1) is 0 Å². The lowest BCUT2D eigenvalue weighted by Gasteiger charge is -2.09. The molecule has 80 valence electrons. The lowest BCUT2D eigenvalue weighted by molar-refractivity contribution is -0.122. The van der Waals surface area contributed by atoms with Crippen molar-refractivity contribution in [3.63, 3.8) is 0 Å². The third-order valence-corrected chi connectivity index (χ3v) is 2.94. The molecule has 1 aromatic rings. The van der Waals surface area contributed by atoms with Crippen molar-refractivity contribution in [3.8, 4) is 0 Å². The Morgan fingerprint density at radius 3 is 3.00 bits per heavy atom. The summed E-state index contributed by atoms with van der Waals surface area (Å²) in [6.45, 7) is 2.69. The first kappa shape index (κ1) is 10.1. The van der Waals surface area contributed by atoms with Crippen molar-refractivity contribution in [2.45, 2.75) is 19.8 Å². The SMILES string of the molecule is Cc1ccc(F)cc1CC1CCNC1=O. The van der Waals surface area contributed by atoms with E-state index in [0.29, 0.717) is 6.42 Å². The highest BCUT2D eigenvalue weighted by molar-refractivity contribution is 5.80. The van der Waals surface area contributed by atoms with Gasteiger partial charge in [-0.1, -0.05) is 6.07 Å². The molecular formula is C12H14FNO. The van der Waals surface area contributed by atoms with E-state index in [1.807, 2.05) is 6.92 Å². The first-order valence-corrected chi connectivity index (χ1v) is 5.19. The fourth-order valence-electron chi connectivity index (χ4n) is 1.97. The molecule has 0 spiro atoms. The van der Waals surface area contributed by atoms with Gasteiger partial charge in [0.25, 0.3) is 0 Å². The fraction of sp³-hybridized carbons (Fsp3) is 0.417. The number of amides is 1. The zero-order valence-electron chi connectivity index (χ0n) is 8.72. The van der Waals surface area contributed by atoms with E-state index in [2.05, 4.69) is 5.32 Å². The van der Waals surface area contributed by atoms with E-state index in [0.717, 1.165) is 24.1 Å². The molecule has 0 saturated carbocycles. The van der Waals surface area contributed by atoms with Gasteiger partial charge in [-0.05, 0) is 43.0 Å². The van der Waals surface area contributed by atoms with Crippen LogP contribution >= 0.6 is 0 Å². The molecule has 0 bridgehead atoms. The second-order valence-corrected chi connectivity index (χ2v) is 4.05. The predicted octanol–water partition coefficient (Wildman–Crippen LogP) is 1.81. The number of carbonyl (C=O) groups excluding carboxylic acids is 1. The van der Waals surface area contributed by atoms with Crippen molar-refractivity contribution in [3.05, 3.63) is 35.1 Å². The maximum Gasteiger partial charge on any atom is 0.223 e. The molecule has 3 heteroatoms. The summed E-state index contributed by atoms with van der Waals surface area (Å²) < 4.78 is 13.0. The Kier molecular flexibility index (Phi) is 2.71. The number of hydrogen-bond donors (Lipinski definition) is 1. The highest BCUT2D eigenvalue weighted by Gasteiger charge is 2.24. The smallest absolute Gasteiger partial charge is 0.223 e. The van der Waals surface area contributed by atoms with Gasteiger partial charge in [0.1, 0.15) is 5.82 Å². The topological polar surface area (TPSA) is 29.1 Å². The highest BCUT2D eigenvalue weighted by atomic mass is 19.1. The van der Waals surface area contributed by atoms with Crippen molar-refractivity contribution >= 4 is 5.91 Å². The maximum atomic E-state index is 13.0. The van der Waals surface area contributed by atoms with Crippen LogP contribution in [-0.4, -0.2) is 12.5 Å². The minimum absolute atomic E-state index is 0.0190. The van der Waals surface area contributed by atoms with E-state index in [1.54, 1.807) is 6.07 Å². The Labute approximate surface area is 88.5 Å². The molecule has 0 radical (unpaired) electrons. The summed E-state index contributed by atoms with van der Waals surface area (Å²) in [6.07, 6.45) is 1.50. The van der Waals surface area contributed by atoms with Crippen LogP contribution in [0.2, 0.25) is 0 Å². The molecule has 15 heavy (non-hydrogen) atoms. The van der Waals surface area contributed by atoms with Crippen LogP contribution < -0.4 is 5.32 Å². The summed E-state index contributed by atoms with van der Waals surface area (Å²) in [5, 5.41) is 2.79. The summed E-state index contributed by atoms with van der Waals surface area (Å²) in [7, 11) is 0. The molecule has 1 aromatic carbocycles. The Balaban J connectivity index is 2.16. The minimum atomic E-state index is -0.228. The monoisotopic (exact) mass is 207 g/mol. The Morgan fingerprint density at radius 1 is 1.53 bits per heavy atom. The lowest BCUT2D eigenvalue weighted by Crippen LogP contribution is -2.20. The Bertz CT molecular complexity index is 389. The molecular weight excluding hydrogens is 193 g/mol. The third-order valence-electron chi connectivity index (χ3n) is 2.94. The maximum absolute atomic E-state index is 13.0. The van der Waals surface area contributed by atoms with Crippen molar-refractivity contribution in [2.75, 3.05) is 6.54 Å². The molecule has 0 aliphatic carbocycles. The van der Waals surface area contributed by atoms with E-state index >= 15 is 0 Å². The van der Waals surface area contributed by atoms with Gasteiger partial charge in [0, 0.05) is 12.5 Å². The number of aryl methyl sites for hydroxylation is 1. The second kappa shape index (κ2) is 4.01. The van der Waals surface area contributed by atoms with E-state index < -0.39 is 0 Å². The van der Waals surface area contributed by atoms with Crippen LogP contribution in [0.1, 0.15) is 17.5 Å². The average Bonchev–Trinajstić information content (AvgIpc) is 2.58. The van der Waals surface area contributed by atoms with Crippen LogP contribution in [0.3, 0.4) is 0 Å². The number of benzene rings is 1. The van der Waals surface area contributed by atoms with Crippen LogP contribution in [0.5, 0.6) is 0 Å². The van der Waals surface area contributed by atoms with Gasteiger partial charge in [-0.2, -0.15) is 0 Å². The van der Waals surface area contributed by atoms with Crippen molar-refractivity contribution in [2.24, 2.45) is 5.92 Å². The average molecular weight is 207 g/mol. The lowest BCUT2D eigenvalue weighted by atomic mass is 9.95. The van der Waals surface area contributed by atoms with E-state index in [4.69, 9.17) is 0 Å². The van der Waals surface area contributed by atoms with Gasteiger partial charge in [-0.3, -0.25) is 4.79 Å². The first-order chi connectivity index (χ1) is 7.16. The summed E-state index contributed by atoms with van der Waals surface area (Å²) >= 11 is 0. The molecule has 1 aliphatic heterocycles. The molecule has 1 N–H and O–H groups in total.